The molecule has 0 amide bonds. The van der Waals surface area contributed by atoms with Gasteiger partial charge in [-0.1, -0.05) is 28.4 Å². The molecule has 2 nitrogen and oxygen atoms in total. The Balaban J connectivity index is 0.00000162. The maximum absolute atomic E-state index is 13.7. The van der Waals surface area contributed by atoms with E-state index in [2.05, 4.69) is 20.8 Å². The van der Waals surface area contributed by atoms with Gasteiger partial charge in [0.15, 0.2) is 0 Å². The second kappa shape index (κ2) is 7.43. The van der Waals surface area contributed by atoms with Gasteiger partial charge in [0, 0.05) is 29.2 Å². The topological polar surface area (TPSA) is 29.3 Å². The number of rotatable bonds is 3. The highest BCUT2D eigenvalue weighted by molar-refractivity contribution is 9.10. The Bertz CT molecular complexity index is 369. The van der Waals surface area contributed by atoms with Crippen molar-refractivity contribution in [1.82, 2.24) is 4.90 Å². The second-order valence-electron chi connectivity index (χ2n) is 4.56. The van der Waals surface area contributed by atoms with E-state index in [-0.39, 0.29) is 18.2 Å². The van der Waals surface area contributed by atoms with Gasteiger partial charge < -0.3 is 5.73 Å². The largest absolute Gasteiger partial charge is 0.329 e. The zero-order valence-electron chi connectivity index (χ0n) is 10.2. The second-order valence-corrected chi connectivity index (χ2v) is 5.41. The molecule has 0 aliphatic carbocycles. The predicted molar refractivity (Wildman–Crippen MR) is 78.5 cm³/mol. The van der Waals surface area contributed by atoms with E-state index in [4.69, 9.17) is 5.73 Å². The van der Waals surface area contributed by atoms with E-state index in [1.54, 1.807) is 6.07 Å². The van der Waals surface area contributed by atoms with Crippen LogP contribution in [-0.4, -0.2) is 24.0 Å². The highest BCUT2D eigenvalue weighted by Crippen LogP contribution is 2.25. The average Bonchev–Trinajstić information content (AvgIpc) is 2.34. The van der Waals surface area contributed by atoms with E-state index in [1.807, 2.05) is 6.07 Å². The summed E-state index contributed by atoms with van der Waals surface area (Å²) < 4.78 is 14.6. The SMILES string of the molecule is Cl.NCC1CCCCN1Cc1c(F)cccc1Br. The van der Waals surface area contributed by atoms with E-state index in [0.29, 0.717) is 19.1 Å². The number of hydrogen-bond acceptors (Lipinski definition) is 2. The van der Waals surface area contributed by atoms with Gasteiger partial charge in [-0.15, -0.1) is 12.4 Å². The van der Waals surface area contributed by atoms with Gasteiger partial charge in [0.05, 0.1) is 0 Å². The summed E-state index contributed by atoms with van der Waals surface area (Å²) in [6.45, 7) is 2.32. The Kier molecular flexibility index (Phi) is 6.57. The fourth-order valence-corrected chi connectivity index (χ4v) is 2.89. The Morgan fingerprint density at radius 1 is 1.39 bits per heavy atom. The molecule has 1 heterocycles. The van der Waals surface area contributed by atoms with Crippen molar-refractivity contribution < 1.29 is 4.39 Å². The molecule has 2 N–H and O–H groups in total. The molecular weight excluding hydrogens is 319 g/mol. The standard InChI is InChI=1S/C13H18BrFN2.ClH/c14-12-5-3-6-13(15)11(12)9-17-7-2-1-4-10(17)8-16;/h3,5-6,10H,1-2,4,7-9,16H2;1H. The Morgan fingerprint density at radius 3 is 2.83 bits per heavy atom. The first kappa shape index (κ1) is 15.9. The van der Waals surface area contributed by atoms with Gasteiger partial charge in [-0.3, -0.25) is 4.90 Å². The minimum atomic E-state index is -0.138. The third-order valence-electron chi connectivity index (χ3n) is 3.44. The smallest absolute Gasteiger partial charge is 0.128 e. The summed E-state index contributed by atoms with van der Waals surface area (Å²) in [4.78, 5) is 2.30. The zero-order chi connectivity index (χ0) is 12.3. The monoisotopic (exact) mass is 336 g/mol. The quantitative estimate of drug-likeness (QED) is 0.917. The van der Waals surface area contributed by atoms with Crippen LogP contribution in [0.3, 0.4) is 0 Å². The molecule has 1 fully saturated rings. The van der Waals surface area contributed by atoms with Crippen LogP contribution in [0.15, 0.2) is 22.7 Å². The van der Waals surface area contributed by atoms with Crippen LogP contribution < -0.4 is 5.73 Å². The van der Waals surface area contributed by atoms with Crippen LogP contribution >= 0.6 is 28.3 Å². The van der Waals surface area contributed by atoms with E-state index in [0.717, 1.165) is 23.0 Å². The van der Waals surface area contributed by atoms with Crippen LogP contribution in [0.4, 0.5) is 4.39 Å². The van der Waals surface area contributed by atoms with Crippen LogP contribution in [0.1, 0.15) is 24.8 Å². The maximum Gasteiger partial charge on any atom is 0.128 e. The first-order valence-electron chi connectivity index (χ1n) is 6.09. The van der Waals surface area contributed by atoms with Crippen molar-refractivity contribution in [1.29, 1.82) is 0 Å². The van der Waals surface area contributed by atoms with Gasteiger partial charge in [-0.05, 0) is 31.5 Å². The molecule has 18 heavy (non-hydrogen) atoms. The predicted octanol–water partition coefficient (Wildman–Crippen LogP) is 3.32. The molecule has 0 bridgehead atoms. The molecule has 1 aliphatic heterocycles. The Hall–Kier alpha value is -0.160. The van der Waals surface area contributed by atoms with E-state index < -0.39 is 0 Å². The first-order chi connectivity index (χ1) is 8.22. The molecule has 0 aromatic heterocycles. The molecule has 1 aromatic carbocycles. The number of nitrogens with zero attached hydrogens (tertiary/aromatic N) is 1. The third kappa shape index (κ3) is 3.67. The molecule has 102 valence electrons. The zero-order valence-corrected chi connectivity index (χ0v) is 12.6. The van der Waals surface area contributed by atoms with Crippen molar-refractivity contribution in [2.75, 3.05) is 13.1 Å². The van der Waals surface area contributed by atoms with E-state index in [9.17, 15) is 4.39 Å². The molecule has 2 rings (SSSR count). The maximum atomic E-state index is 13.7. The van der Waals surface area contributed by atoms with Gasteiger partial charge in [-0.25, -0.2) is 4.39 Å². The Labute approximate surface area is 122 Å². The van der Waals surface area contributed by atoms with Gasteiger partial charge in [0.1, 0.15) is 5.82 Å². The lowest BCUT2D eigenvalue weighted by molar-refractivity contribution is 0.143. The number of piperidine rings is 1. The summed E-state index contributed by atoms with van der Waals surface area (Å²) in [5.74, 6) is -0.138. The Morgan fingerprint density at radius 2 is 2.17 bits per heavy atom. The van der Waals surface area contributed by atoms with Crippen LogP contribution in [-0.2, 0) is 6.54 Å². The molecule has 1 saturated heterocycles. The van der Waals surface area contributed by atoms with Crippen molar-refractivity contribution in [3.63, 3.8) is 0 Å². The van der Waals surface area contributed by atoms with Gasteiger partial charge in [-0.2, -0.15) is 0 Å². The lowest BCUT2D eigenvalue weighted by atomic mass is 10.0. The lowest BCUT2D eigenvalue weighted by Crippen LogP contribution is -2.43. The van der Waals surface area contributed by atoms with Crippen molar-refractivity contribution in [3.8, 4) is 0 Å². The number of likely N-dealkylation sites (tertiary alicyclic amines) is 1. The van der Waals surface area contributed by atoms with E-state index >= 15 is 0 Å². The molecule has 5 heteroatoms. The van der Waals surface area contributed by atoms with Gasteiger partial charge in [0.2, 0.25) is 0 Å². The van der Waals surface area contributed by atoms with Crippen LogP contribution in [0.5, 0.6) is 0 Å². The van der Waals surface area contributed by atoms with Crippen molar-refractivity contribution >= 4 is 28.3 Å². The summed E-state index contributed by atoms with van der Waals surface area (Å²) in [7, 11) is 0. The summed E-state index contributed by atoms with van der Waals surface area (Å²) in [5, 5.41) is 0. The molecule has 0 radical (unpaired) electrons. The highest BCUT2D eigenvalue weighted by Gasteiger charge is 2.22. The number of halogens is 3. The summed E-state index contributed by atoms with van der Waals surface area (Å²) in [6.07, 6.45) is 3.54. The number of benzene rings is 1. The summed E-state index contributed by atoms with van der Waals surface area (Å²) in [5.41, 5.74) is 6.52. The molecule has 1 unspecified atom stereocenters. The number of hydrogen-bond donors (Lipinski definition) is 1. The fourth-order valence-electron chi connectivity index (χ4n) is 2.42. The van der Waals surface area contributed by atoms with Gasteiger partial charge in [0.25, 0.3) is 0 Å². The molecule has 1 atom stereocenters. The fraction of sp³-hybridized carbons (Fsp3) is 0.538. The van der Waals surface area contributed by atoms with Crippen molar-refractivity contribution in [3.05, 3.63) is 34.1 Å². The number of nitrogens with two attached hydrogens (primary N) is 1. The minimum absolute atomic E-state index is 0. The lowest BCUT2D eigenvalue weighted by Gasteiger charge is -2.35. The van der Waals surface area contributed by atoms with Crippen molar-refractivity contribution in [2.24, 2.45) is 5.73 Å². The molecule has 1 aromatic rings. The normalized spacial score (nSPS) is 20.5. The average molecular weight is 338 g/mol. The molecule has 0 spiro atoms. The summed E-state index contributed by atoms with van der Waals surface area (Å²) in [6, 6.07) is 5.52. The molecule has 0 saturated carbocycles. The molecule has 1 aliphatic rings. The third-order valence-corrected chi connectivity index (χ3v) is 4.19. The van der Waals surface area contributed by atoms with E-state index in [1.165, 1.54) is 18.9 Å². The highest BCUT2D eigenvalue weighted by atomic mass is 79.9. The first-order valence-corrected chi connectivity index (χ1v) is 6.88. The minimum Gasteiger partial charge on any atom is -0.329 e. The van der Waals surface area contributed by atoms with Gasteiger partial charge >= 0.3 is 0 Å². The summed E-state index contributed by atoms with van der Waals surface area (Å²) >= 11 is 3.42. The van der Waals surface area contributed by atoms with Crippen LogP contribution in [0.25, 0.3) is 0 Å². The molecular formula is C13H19BrClFN2. The van der Waals surface area contributed by atoms with Crippen LogP contribution in [0.2, 0.25) is 0 Å². The van der Waals surface area contributed by atoms with Crippen LogP contribution in [0, 0.1) is 5.82 Å². The van der Waals surface area contributed by atoms with Crippen molar-refractivity contribution in [2.45, 2.75) is 31.8 Å².